The minimum Gasteiger partial charge on any atom is -0.480 e. The zero-order valence-corrected chi connectivity index (χ0v) is 19.5. The van der Waals surface area contributed by atoms with Gasteiger partial charge in [-0.2, -0.15) is 0 Å². The number of imide groups is 1. The summed E-state index contributed by atoms with van der Waals surface area (Å²) in [6.07, 6.45) is 9.87. The van der Waals surface area contributed by atoms with Crippen LogP contribution in [0.25, 0.3) is 0 Å². The Balaban J connectivity index is 1.65. The van der Waals surface area contributed by atoms with Gasteiger partial charge in [0.15, 0.2) is 5.96 Å². The number of hydrogen-bond acceptors (Lipinski definition) is 6. The minimum absolute atomic E-state index is 0.234. The number of carbonyl (C=O) groups excluding carboxylic acids is 2. The third-order valence-corrected chi connectivity index (χ3v) is 7.12. The van der Waals surface area contributed by atoms with E-state index in [0.29, 0.717) is 31.5 Å². The number of amides is 2. The van der Waals surface area contributed by atoms with Crippen molar-refractivity contribution in [3.63, 3.8) is 0 Å². The number of aliphatic carboxylic acids is 1. The highest BCUT2D eigenvalue weighted by Crippen LogP contribution is 2.38. The van der Waals surface area contributed by atoms with Gasteiger partial charge in [0.25, 0.3) is 0 Å². The zero-order valence-electron chi connectivity index (χ0n) is 19.5. The summed E-state index contributed by atoms with van der Waals surface area (Å²) in [4.78, 5) is 43.7. The highest BCUT2D eigenvalue weighted by Gasteiger charge is 2.41. The average molecular weight is 463 g/mol. The van der Waals surface area contributed by atoms with Gasteiger partial charge in [0.2, 0.25) is 11.8 Å². The fourth-order valence-electron chi connectivity index (χ4n) is 5.22. The molecule has 0 spiro atoms. The van der Waals surface area contributed by atoms with Crippen LogP contribution in [0, 0.1) is 11.8 Å². The molecule has 2 heterocycles. The number of aliphatic imine (C=N–C) groups is 1. The molecule has 1 aliphatic carbocycles. The summed E-state index contributed by atoms with van der Waals surface area (Å²) in [5.41, 5.74) is 12.8. The summed E-state index contributed by atoms with van der Waals surface area (Å²) in [5, 5.41) is 11.3. The van der Waals surface area contributed by atoms with Crippen molar-refractivity contribution in [1.29, 1.82) is 0 Å². The lowest BCUT2D eigenvalue weighted by atomic mass is 9.79. The molecule has 1 saturated carbocycles. The summed E-state index contributed by atoms with van der Waals surface area (Å²) in [7, 11) is 0. The molecule has 2 amide bonds. The van der Waals surface area contributed by atoms with Crippen molar-refractivity contribution in [1.82, 2.24) is 15.1 Å². The van der Waals surface area contributed by atoms with Crippen LogP contribution in [0.4, 0.5) is 0 Å². The monoisotopic (exact) mass is 462 g/mol. The number of hydrogen-bond donors (Lipinski definition) is 4. The maximum Gasteiger partial charge on any atom is 0.325 e. The number of nitrogens with zero attached hydrogens (tertiary/aromatic N) is 3. The second kappa shape index (κ2) is 11.6. The second-order valence-electron chi connectivity index (χ2n) is 9.61. The maximum absolute atomic E-state index is 13.0. The van der Waals surface area contributed by atoms with Crippen LogP contribution in [0.5, 0.6) is 0 Å². The lowest BCUT2D eigenvalue weighted by Crippen LogP contribution is -2.50. The topological polar surface area (TPSA) is 154 Å². The van der Waals surface area contributed by atoms with E-state index >= 15 is 0 Å². The number of guanidine groups is 1. The van der Waals surface area contributed by atoms with E-state index in [2.05, 4.69) is 21.3 Å². The van der Waals surface area contributed by atoms with Crippen molar-refractivity contribution in [3.8, 4) is 0 Å². The molecule has 33 heavy (non-hydrogen) atoms. The van der Waals surface area contributed by atoms with Crippen LogP contribution in [0.15, 0.2) is 16.6 Å². The van der Waals surface area contributed by atoms with Gasteiger partial charge in [-0.3, -0.25) is 24.6 Å². The number of likely N-dealkylation sites (tertiary alicyclic amines) is 1. The van der Waals surface area contributed by atoms with Gasteiger partial charge in [-0.15, -0.1) is 0 Å². The van der Waals surface area contributed by atoms with E-state index in [-0.39, 0.29) is 24.5 Å². The number of rotatable bonds is 7. The normalized spacial score (nSPS) is 26.1. The fourth-order valence-corrected chi connectivity index (χ4v) is 5.22. The van der Waals surface area contributed by atoms with Crippen molar-refractivity contribution in [2.45, 2.75) is 64.0 Å². The van der Waals surface area contributed by atoms with E-state index in [0.717, 1.165) is 19.4 Å². The van der Waals surface area contributed by atoms with Crippen LogP contribution in [0.2, 0.25) is 0 Å². The predicted octanol–water partition coefficient (Wildman–Crippen LogP) is 0.279. The number of carboxylic acids is 1. The van der Waals surface area contributed by atoms with E-state index in [4.69, 9.17) is 16.6 Å². The molecular formula is C23H38N6O4. The predicted molar refractivity (Wildman–Crippen MR) is 125 cm³/mol. The van der Waals surface area contributed by atoms with Gasteiger partial charge in [0, 0.05) is 26.2 Å². The van der Waals surface area contributed by atoms with Crippen LogP contribution in [0.1, 0.15) is 51.9 Å². The summed E-state index contributed by atoms with van der Waals surface area (Å²) in [5.74, 6) is -0.365. The molecule has 3 atom stereocenters. The van der Waals surface area contributed by atoms with E-state index in [1.165, 1.54) is 37.7 Å². The zero-order chi connectivity index (χ0) is 24.0. The summed E-state index contributed by atoms with van der Waals surface area (Å²) in [6.45, 7) is 3.98. The Kier molecular flexibility index (Phi) is 8.85. The van der Waals surface area contributed by atoms with Crippen molar-refractivity contribution in [3.05, 3.63) is 11.6 Å². The molecule has 0 aromatic rings. The van der Waals surface area contributed by atoms with Gasteiger partial charge >= 0.3 is 5.97 Å². The molecule has 0 bridgehead atoms. The molecule has 2 aliphatic heterocycles. The van der Waals surface area contributed by atoms with Crippen molar-refractivity contribution < 1.29 is 19.5 Å². The summed E-state index contributed by atoms with van der Waals surface area (Å²) >= 11 is 0. The van der Waals surface area contributed by atoms with Crippen LogP contribution >= 0.6 is 0 Å². The Morgan fingerprint density at radius 3 is 2.58 bits per heavy atom. The smallest absolute Gasteiger partial charge is 0.325 e. The number of nitrogens with two attached hydrogens (primary N) is 2. The summed E-state index contributed by atoms with van der Waals surface area (Å²) in [6, 6.07) is -1.06. The SMILES string of the molecule is C[C@H](N)C(=O)NC(=O)[C@@H]1CC(C2CCCCC2)CN1CC1=CCN(C(N)=NCC(=O)O)CC1. The molecule has 10 heteroatoms. The number of carboxylic acid groups (broad SMARTS) is 1. The molecule has 0 aromatic heterocycles. The molecular weight excluding hydrogens is 424 g/mol. The van der Waals surface area contributed by atoms with Gasteiger partial charge in [-0.1, -0.05) is 43.8 Å². The van der Waals surface area contributed by atoms with Crippen LogP contribution < -0.4 is 16.8 Å². The number of nitrogens with one attached hydrogen (secondary N) is 1. The van der Waals surface area contributed by atoms with Crippen LogP contribution in [-0.4, -0.2) is 83.5 Å². The van der Waals surface area contributed by atoms with Gasteiger partial charge in [0.1, 0.15) is 6.54 Å². The van der Waals surface area contributed by atoms with E-state index in [9.17, 15) is 14.4 Å². The van der Waals surface area contributed by atoms with Gasteiger partial charge < -0.3 is 21.5 Å². The van der Waals surface area contributed by atoms with E-state index in [1.807, 2.05) is 4.90 Å². The third kappa shape index (κ3) is 7.01. The van der Waals surface area contributed by atoms with Gasteiger partial charge in [-0.25, -0.2) is 4.99 Å². The Morgan fingerprint density at radius 2 is 1.97 bits per heavy atom. The third-order valence-electron chi connectivity index (χ3n) is 7.12. The number of carbonyl (C=O) groups is 3. The fraction of sp³-hybridized carbons (Fsp3) is 0.739. The second-order valence-corrected chi connectivity index (χ2v) is 9.61. The minimum atomic E-state index is -1.01. The Morgan fingerprint density at radius 1 is 1.24 bits per heavy atom. The lowest BCUT2D eigenvalue weighted by Gasteiger charge is -2.31. The summed E-state index contributed by atoms with van der Waals surface area (Å²) < 4.78 is 0. The van der Waals surface area contributed by atoms with Crippen molar-refractivity contribution in [2.24, 2.45) is 28.3 Å². The van der Waals surface area contributed by atoms with Gasteiger partial charge in [0.05, 0.1) is 12.1 Å². The molecule has 0 radical (unpaired) electrons. The first-order valence-electron chi connectivity index (χ1n) is 12.0. The molecule has 6 N–H and O–H groups in total. The maximum atomic E-state index is 13.0. The van der Waals surface area contributed by atoms with Crippen molar-refractivity contribution >= 4 is 23.7 Å². The highest BCUT2D eigenvalue weighted by atomic mass is 16.4. The Hall–Kier alpha value is -2.46. The largest absolute Gasteiger partial charge is 0.480 e. The molecule has 3 rings (SSSR count). The first-order valence-corrected chi connectivity index (χ1v) is 12.0. The van der Waals surface area contributed by atoms with E-state index in [1.54, 1.807) is 6.92 Å². The van der Waals surface area contributed by atoms with Crippen LogP contribution in [-0.2, 0) is 14.4 Å². The Bertz CT molecular complexity index is 790. The molecule has 184 valence electrons. The average Bonchev–Trinajstić information content (AvgIpc) is 3.22. The highest BCUT2D eigenvalue weighted by molar-refractivity contribution is 5.99. The van der Waals surface area contributed by atoms with Gasteiger partial charge in [-0.05, 0) is 31.6 Å². The standard InChI is InChI=1S/C23H38N6O4/c1-15(24)21(32)27-22(33)19-11-18(17-5-3-2-4-6-17)14-29(19)13-16-7-9-28(10-8-16)23(25)26-12-20(30)31/h7,15,17-19H,2-6,8-14,24H2,1H3,(H2,25,26)(H,30,31)(H,27,32,33)/t15-,18?,19-/m0/s1. The molecule has 1 saturated heterocycles. The molecule has 3 aliphatic rings. The van der Waals surface area contributed by atoms with E-state index < -0.39 is 17.9 Å². The Labute approximate surface area is 195 Å². The molecule has 10 nitrogen and oxygen atoms in total. The molecule has 2 fully saturated rings. The first-order chi connectivity index (χ1) is 15.7. The molecule has 0 aromatic carbocycles. The van der Waals surface area contributed by atoms with Crippen LogP contribution in [0.3, 0.4) is 0 Å². The van der Waals surface area contributed by atoms with Crippen molar-refractivity contribution in [2.75, 3.05) is 32.7 Å². The lowest BCUT2D eigenvalue weighted by molar-refractivity contribution is -0.135. The molecule has 1 unspecified atom stereocenters. The first kappa shape index (κ1) is 25.2. The quantitative estimate of drug-likeness (QED) is 0.239.